The smallest absolute Gasteiger partial charge is 0.253 e. The molecule has 2 saturated heterocycles. The summed E-state index contributed by atoms with van der Waals surface area (Å²) in [6.45, 7) is 7.36. The van der Waals surface area contributed by atoms with Crippen LogP contribution in [0.3, 0.4) is 0 Å². The van der Waals surface area contributed by atoms with E-state index < -0.39 is 0 Å². The average molecular weight is 371 g/mol. The zero-order chi connectivity index (χ0) is 19.0. The van der Waals surface area contributed by atoms with E-state index in [1.54, 1.807) is 0 Å². The van der Waals surface area contributed by atoms with Crippen molar-refractivity contribution in [3.05, 3.63) is 35.4 Å². The van der Waals surface area contributed by atoms with Gasteiger partial charge in [-0.3, -0.25) is 9.69 Å². The predicted octanol–water partition coefficient (Wildman–Crippen LogP) is 1.85. The third-order valence-corrected chi connectivity index (χ3v) is 6.87. The molecule has 0 aromatic heterocycles. The van der Waals surface area contributed by atoms with Gasteiger partial charge in [-0.15, -0.1) is 0 Å². The summed E-state index contributed by atoms with van der Waals surface area (Å²) in [6, 6.07) is 9.01. The molecule has 2 aliphatic heterocycles. The Morgan fingerprint density at radius 2 is 1.59 bits per heavy atom. The van der Waals surface area contributed by atoms with E-state index in [4.69, 9.17) is 0 Å². The number of fused-ring (bicyclic) bond motifs is 2. The molecule has 3 aliphatic rings. The molecular formula is C22H34N4O. The van der Waals surface area contributed by atoms with Crippen LogP contribution >= 0.6 is 0 Å². The van der Waals surface area contributed by atoms with Crippen molar-refractivity contribution in [1.82, 2.24) is 19.6 Å². The fourth-order valence-corrected chi connectivity index (χ4v) is 5.40. The Bertz CT molecular complexity index is 637. The minimum atomic E-state index is 0.218. The molecule has 1 amide bonds. The highest BCUT2D eigenvalue weighted by Gasteiger charge is 2.44. The van der Waals surface area contributed by atoms with Crippen LogP contribution in [-0.4, -0.2) is 92.0 Å². The Balaban J connectivity index is 1.36. The zero-order valence-corrected chi connectivity index (χ0v) is 17.1. The van der Waals surface area contributed by atoms with Gasteiger partial charge in [-0.2, -0.15) is 0 Å². The highest BCUT2D eigenvalue weighted by atomic mass is 16.2. The SMILES string of the molecule is CN1CCN(Cc2ccc(C(=O)N3C[C@H]4CC[C@@H](C3)C4N(C)C)cc2)CC1. The zero-order valence-electron chi connectivity index (χ0n) is 17.1. The highest BCUT2D eigenvalue weighted by molar-refractivity contribution is 5.94. The molecule has 27 heavy (non-hydrogen) atoms. The quantitative estimate of drug-likeness (QED) is 0.809. The van der Waals surface area contributed by atoms with Crippen LogP contribution < -0.4 is 0 Å². The molecule has 5 nitrogen and oxygen atoms in total. The number of piperazine rings is 1. The lowest BCUT2D eigenvalue weighted by atomic mass is 9.91. The Labute approximate surface area is 163 Å². The highest BCUT2D eigenvalue weighted by Crippen LogP contribution is 2.39. The summed E-state index contributed by atoms with van der Waals surface area (Å²) in [5.74, 6) is 1.49. The number of piperidine rings is 1. The molecule has 1 aliphatic carbocycles. The van der Waals surface area contributed by atoms with E-state index in [9.17, 15) is 4.79 Å². The monoisotopic (exact) mass is 370 g/mol. The Hall–Kier alpha value is -1.43. The van der Waals surface area contributed by atoms with Crippen molar-refractivity contribution in [2.75, 3.05) is 60.4 Å². The van der Waals surface area contributed by atoms with E-state index in [2.05, 4.69) is 52.9 Å². The second kappa shape index (κ2) is 7.90. The van der Waals surface area contributed by atoms with Crippen molar-refractivity contribution < 1.29 is 4.79 Å². The van der Waals surface area contributed by atoms with E-state index in [1.807, 2.05) is 12.1 Å². The maximum absolute atomic E-state index is 13.0. The van der Waals surface area contributed by atoms with Gasteiger partial charge in [0.25, 0.3) is 5.91 Å². The van der Waals surface area contributed by atoms with Crippen LogP contribution in [0.25, 0.3) is 0 Å². The van der Waals surface area contributed by atoms with Crippen LogP contribution in [0.4, 0.5) is 0 Å². The second-order valence-electron chi connectivity index (χ2n) is 9.04. The maximum atomic E-state index is 13.0. The largest absolute Gasteiger partial charge is 0.338 e. The molecule has 3 atom stereocenters. The number of likely N-dealkylation sites (tertiary alicyclic amines) is 1. The van der Waals surface area contributed by atoms with Gasteiger partial charge in [0.1, 0.15) is 0 Å². The molecular weight excluding hydrogens is 336 g/mol. The van der Waals surface area contributed by atoms with Crippen molar-refractivity contribution >= 4 is 5.91 Å². The van der Waals surface area contributed by atoms with Gasteiger partial charge in [-0.25, -0.2) is 0 Å². The number of nitrogens with zero attached hydrogens (tertiary/aromatic N) is 4. The predicted molar refractivity (Wildman–Crippen MR) is 109 cm³/mol. The Morgan fingerprint density at radius 3 is 2.15 bits per heavy atom. The summed E-state index contributed by atoms with van der Waals surface area (Å²) in [6.07, 6.45) is 2.53. The lowest BCUT2D eigenvalue weighted by Crippen LogP contribution is -2.52. The first-order chi connectivity index (χ1) is 13.0. The van der Waals surface area contributed by atoms with Crippen LogP contribution in [0.1, 0.15) is 28.8 Å². The molecule has 1 saturated carbocycles. The summed E-state index contributed by atoms with van der Waals surface area (Å²) >= 11 is 0. The molecule has 0 radical (unpaired) electrons. The molecule has 2 bridgehead atoms. The third-order valence-electron chi connectivity index (χ3n) is 6.87. The summed E-state index contributed by atoms with van der Waals surface area (Å²) < 4.78 is 0. The number of carbonyl (C=O) groups excluding carboxylic acids is 1. The van der Waals surface area contributed by atoms with Crippen LogP contribution in [-0.2, 0) is 6.54 Å². The van der Waals surface area contributed by atoms with Gasteiger partial charge in [0, 0.05) is 57.4 Å². The first-order valence-corrected chi connectivity index (χ1v) is 10.5. The molecule has 0 N–H and O–H groups in total. The van der Waals surface area contributed by atoms with Crippen molar-refractivity contribution in [2.45, 2.75) is 25.4 Å². The first kappa shape index (κ1) is 18.9. The van der Waals surface area contributed by atoms with Gasteiger partial charge in [-0.1, -0.05) is 12.1 Å². The van der Waals surface area contributed by atoms with Crippen molar-refractivity contribution in [1.29, 1.82) is 0 Å². The molecule has 5 heteroatoms. The van der Waals surface area contributed by atoms with Crippen LogP contribution in [0, 0.1) is 11.8 Å². The second-order valence-corrected chi connectivity index (χ2v) is 9.04. The number of likely N-dealkylation sites (N-methyl/N-ethyl adjacent to an activating group) is 1. The third kappa shape index (κ3) is 4.05. The molecule has 1 unspecified atom stereocenters. The van der Waals surface area contributed by atoms with E-state index in [-0.39, 0.29) is 5.91 Å². The van der Waals surface area contributed by atoms with Crippen LogP contribution in [0.2, 0.25) is 0 Å². The number of carbonyl (C=O) groups is 1. The molecule has 0 spiro atoms. The summed E-state index contributed by atoms with van der Waals surface area (Å²) in [5.41, 5.74) is 2.15. The summed E-state index contributed by atoms with van der Waals surface area (Å²) in [5, 5.41) is 0. The van der Waals surface area contributed by atoms with Gasteiger partial charge in [0.2, 0.25) is 0 Å². The van der Waals surface area contributed by atoms with Crippen molar-refractivity contribution in [2.24, 2.45) is 11.8 Å². The van der Waals surface area contributed by atoms with Gasteiger partial charge < -0.3 is 14.7 Å². The maximum Gasteiger partial charge on any atom is 0.253 e. The number of hydrogen-bond acceptors (Lipinski definition) is 4. The van der Waals surface area contributed by atoms with Crippen LogP contribution in [0.15, 0.2) is 24.3 Å². The molecule has 148 valence electrons. The van der Waals surface area contributed by atoms with Gasteiger partial charge in [-0.05, 0) is 63.5 Å². The molecule has 3 fully saturated rings. The topological polar surface area (TPSA) is 30.0 Å². The van der Waals surface area contributed by atoms with E-state index in [0.717, 1.165) is 51.4 Å². The molecule has 1 aromatic rings. The molecule has 4 rings (SSSR count). The fourth-order valence-electron chi connectivity index (χ4n) is 5.40. The van der Waals surface area contributed by atoms with Crippen molar-refractivity contribution in [3.8, 4) is 0 Å². The number of amides is 1. The van der Waals surface area contributed by atoms with E-state index >= 15 is 0 Å². The number of benzene rings is 1. The lowest BCUT2D eigenvalue weighted by molar-refractivity contribution is 0.0487. The summed E-state index contributed by atoms with van der Waals surface area (Å²) in [4.78, 5) is 22.4. The summed E-state index contributed by atoms with van der Waals surface area (Å²) in [7, 11) is 6.56. The normalized spacial score (nSPS) is 29.5. The standard InChI is InChI=1S/C22H34N4O/c1-23(2)21-19-8-9-20(21)16-26(15-19)22(27)18-6-4-17(5-7-18)14-25-12-10-24(3)11-13-25/h4-7,19-21H,8-16H2,1-3H3/t19-,20+,21?. The van der Waals surface area contributed by atoms with Crippen molar-refractivity contribution in [3.63, 3.8) is 0 Å². The van der Waals surface area contributed by atoms with E-state index in [1.165, 1.54) is 18.4 Å². The minimum Gasteiger partial charge on any atom is -0.338 e. The Kier molecular flexibility index (Phi) is 5.53. The number of hydrogen-bond donors (Lipinski definition) is 0. The molecule has 2 heterocycles. The number of rotatable bonds is 4. The van der Waals surface area contributed by atoms with E-state index in [0.29, 0.717) is 17.9 Å². The first-order valence-electron chi connectivity index (χ1n) is 10.5. The molecule has 1 aromatic carbocycles. The van der Waals surface area contributed by atoms with Gasteiger partial charge >= 0.3 is 0 Å². The lowest BCUT2D eigenvalue weighted by Gasteiger charge is -2.41. The van der Waals surface area contributed by atoms with Crippen LogP contribution in [0.5, 0.6) is 0 Å². The average Bonchev–Trinajstić information content (AvgIpc) is 2.94. The minimum absolute atomic E-state index is 0.218. The fraction of sp³-hybridized carbons (Fsp3) is 0.682. The van der Waals surface area contributed by atoms with Gasteiger partial charge in [0.05, 0.1) is 0 Å². The Morgan fingerprint density at radius 1 is 1.00 bits per heavy atom. The van der Waals surface area contributed by atoms with Gasteiger partial charge in [0.15, 0.2) is 0 Å².